The van der Waals surface area contributed by atoms with E-state index in [0.717, 1.165) is 17.7 Å². The molecule has 19 heavy (non-hydrogen) atoms. The van der Waals surface area contributed by atoms with Crippen LogP contribution >= 0.6 is 0 Å². The van der Waals surface area contributed by atoms with Crippen molar-refractivity contribution in [2.75, 3.05) is 7.11 Å². The lowest BCUT2D eigenvalue weighted by atomic mass is 10.0. The van der Waals surface area contributed by atoms with Gasteiger partial charge in [0.2, 0.25) is 0 Å². The maximum absolute atomic E-state index is 11.4. The Morgan fingerprint density at radius 1 is 1.32 bits per heavy atom. The number of aryl methyl sites for hydroxylation is 1. The van der Waals surface area contributed by atoms with Gasteiger partial charge in [0.15, 0.2) is 11.6 Å². The standard InChI is InChI=1S/C15H16N2O2/c1-4-11-5-6-14(19-3)12(9-11)13-7-8-16-15(17-13)10(2)18/h5-9H,4H2,1-3H3. The molecule has 1 heterocycles. The molecule has 0 radical (unpaired) electrons. The van der Waals surface area contributed by atoms with Crippen LogP contribution < -0.4 is 4.74 Å². The molecule has 2 rings (SSSR count). The van der Waals surface area contributed by atoms with E-state index in [-0.39, 0.29) is 11.6 Å². The van der Waals surface area contributed by atoms with E-state index in [2.05, 4.69) is 16.9 Å². The quantitative estimate of drug-likeness (QED) is 0.789. The van der Waals surface area contributed by atoms with Crippen LogP contribution in [0.5, 0.6) is 5.75 Å². The van der Waals surface area contributed by atoms with Crippen LogP contribution in [0.15, 0.2) is 30.5 Å². The van der Waals surface area contributed by atoms with Gasteiger partial charge in [-0.3, -0.25) is 4.79 Å². The molecule has 4 nitrogen and oxygen atoms in total. The third-order valence-corrected chi connectivity index (χ3v) is 2.92. The Morgan fingerprint density at radius 2 is 2.11 bits per heavy atom. The van der Waals surface area contributed by atoms with Crippen molar-refractivity contribution >= 4 is 5.78 Å². The van der Waals surface area contributed by atoms with Crippen molar-refractivity contribution < 1.29 is 9.53 Å². The van der Waals surface area contributed by atoms with Crippen LogP contribution in [-0.4, -0.2) is 22.9 Å². The van der Waals surface area contributed by atoms with Crippen LogP contribution in [0.3, 0.4) is 0 Å². The van der Waals surface area contributed by atoms with E-state index in [1.807, 2.05) is 18.2 Å². The predicted molar refractivity (Wildman–Crippen MR) is 73.4 cm³/mol. The Hall–Kier alpha value is -2.23. The van der Waals surface area contributed by atoms with Gasteiger partial charge in [-0.15, -0.1) is 0 Å². The van der Waals surface area contributed by atoms with Crippen molar-refractivity contribution in [2.24, 2.45) is 0 Å². The van der Waals surface area contributed by atoms with Crippen molar-refractivity contribution in [3.63, 3.8) is 0 Å². The van der Waals surface area contributed by atoms with Crippen molar-refractivity contribution in [1.82, 2.24) is 9.97 Å². The van der Waals surface area contributed by atoms with Crippen molar-refractivity contribution in [3.8, 4) is 17.0 Å². The van der Waals surface area contributed by atoms with Crippen molar-refractivity contribution in [1.29, 1.82) is 0 Å². The van der Waals surface area contributed by atoms with Gasteiger partial charge < -0.3 is 4.74 Å². The molecule has 1 aromatic heterocycles. The molecule has 4 heteroatoms. The minimum absolute atomic E-state index is 0.146. The van der Waals surface area contributed by atoms with Gasteiger partial charge in [-0.2, -0.15) is 0 Å². The predicted octanol–water partition coefficient (Wildman–Crippen LogP) is 2.92. The number of hydrogen-bond acceptors (Lipinski definition) is 4. The SMILES string of the molecule is CCc1ccc(OC)c(-c2ccnc(C(C)=O)n2)c1. The Balaban J connectivity index is 2.56. The van der Waals surface area contributed by atoms with Gasteiger partial charge in [0.05, 0.1) is 12.8 Å². The minimum Gasteiger partial charge on any atom is -0.496 e. The lowest BCUT2D eigenvalue weighted by Gasteiger charge is -2.10. The molecule has 0 amide bonds. The maximum Gasteiger partial charge on any atom is 0.196 e. The molecule has 1 aromatic carbocycles. The third-order valence-electron chi connectivity index (χ3n) is 2.92. The van der Waals surface area contributed by atoms with E-state index < -0.39 is 0 Å². The zero-order chi connectivity index (χ0) is 13.8. The molecule has 0 unspecified atom stereocenters. The van der Waals surface area contributed by atoms with E-state index in [1.54, 1.807) is 19.4 Å². The first-order valence-electron chi connectivity index (χ1n) is 6.17. The topological polar surface area (TPSA) is 52.1 Å². The summed E-state index contributed by atoms with van der Waals surface area (Å²) in [5, 5.41) is 0. The number of nitrogens with zero attached hydrogens (tertiary/aromatic N) is 2. The third kappa shape index (κ3) is 2.78. The van der Waals surface area contributed by atoms with Crippen molar-refractivity contribution in [2.45, 2.75) is 20.3 Å². The number of carbonyl (C=O) groups is 1. The van der Waals surface area contributed by atoms with Gasteiger partial charge in [0.25, 0.3) is 0 Å². The van der Waals surface area contributed by atoms with Crippen LogP contribution in [0.2, 0.25) is 0 Å². The molecule has 0 aliphatic heterocycles. The van der Waals surface area contributed by atoms with Crippen LogP contribution in [0.1, 0.15) is 30.0 Å². The largest absolute Gasteiger partial charge is 0.496 e. The lowest BCUT2D eigenvalue weighted by Crippen LogP contribution is -2.02. The average Bonchev–Trinajstić information content (AvgIpc) is 2.46. The highest BCUT2D eigenvalue weighted by atomic mass is 16.5. The number of methoxy groups -OCH3 is 1. The number of Topliss-reactive ketones (excluding diaryl/α,β-unsaturated/α-hetero) is 1. The highest BCUT2D eigenvalue weighted by Gasteiger charge is 2.11. The molecule has 0 fully saturated rings. The van der Waals surface area contributed by atoms with Crippen molar-refractivity contribution in [3.05, 3.63) is 41.9 Å². The highest BCUT2D eigenvalue weighted by Crippen LogP contribution is 2.29. The number of carbonyl (C=O) groups excluding carboxylic acids is 1. The molecule has 0 spiro atoms. The Bertz CT molecular complexity index is 609. The number of aromatic nitrogens is 2. The van der Waals surface area contributed by atoms with Gasteiger partial charge in [-0.25, -0.2) is 9.97 Å². The summed E-state index contributed by atoms with van der Waals surface area (Å²) in [6.45, 7) is 3.55. The van der Waals surface area contributed by atoms with Gasteiger partial charge in [-0.05, 0) is 30.2 Å². The lowest BCUT2D eigenvalue weighted by molar-refractivity contribution is 0.100. The number of rotatable bonds is 4. The van der Waals surface area contributed by atoms with Gasteiger partial charge in [0.1, 0.15) is 5.75 Å². The Kier molecular flexibility index (Phi) is 3.90. The number of benzene rings is 1. The first-order chi connectivity index (χ1) is 9.15. The Labute approximate surface area is 112 Å². The molecule has 0 bridgehead atoms. The smallest absolute Gasteiger partial charge is 0.196 e. The fraction of sp³-hybridized carbons (Fsp3) is 0.267. The first-order valence-corrected chi connectivity index (χ1v) is 6.17. The molecule has 0 saturated heterocycles. The van der Waals surface area contributed by atoms with E-state index in [9.17, 15) is 4.79 Å². The molecule has 0 saturated carbocycles. The monoisotopic (exact) mass is 256 g/mol. The zero-order valence-electron chi connectivity index (χ0n) is 11.3. The van der Waals surface area contributed by atoms with E-state index in [4.69, 9.17) is 4.74 Å². The second kappa shape index (κ2) is 5.61. The van der Waals surface area contributed by atoms with Gasteiger partial charge in [-0.1, -0.05) is 13.0 Å². The molecular formula is C15H16N2O2. The summed E-state index contributed by atoms with van der Waals surface area (Å²) < 4.78 is 5.35. The minimum atomic E-state index is -0.146. The summed E-state index contributed by atoms with van der Waals surface area (Å²) in [5.41, 5.74) is 2.78. The molecule has 2 aromatic rings. The maximum atomic E-state index is 11.4. The molecule has 0 atom stereocenters. The molecular weight excluding hydrogens is 240 g/mol. The summed E-state index contributed by atoms with van der Waals surface area (Å²) in [6, 6.07) is 7.76. The molecule has 0 N–H and O–H groups in total. The summed E-state index contributed by atoms with van der Waals surface area (Å²) in [6.07, 6.45) is 2.53. The fourth-order valence-corrected chi connectivity index (χ4v) is 1.85. The number of ketones is 1. The molecule has 0 aliphatic rings. The van der Waals surface area contributed by atoms with Crippen LogP contribution in [0, 0.1) is 0 Å². The van der Waals surface area contributed by atoms with E-state index >= 15 is 0 Å². The normalized spacial score (nSPS) is 10.3. The van der Waals surface area contributed by atoms with Gasteiger partial charge >= 0.3 is 0 Å². The summed E-state index contributed by atoms with van der Waals surface area (Å²) >= 11 is 0. The van der Waals surface area contributed by atoms with E-state index in [1.165, 1.54) is 12.5 Å². The summed E-state index contributed by atoms with van der Waals surface area (Å²) in [5.74, 6) is 0.819. The Morgan fingerprint density at radius 3 is 2.74 bits per heavy atom. The molecule has 98 valence electrons. The average molecular weight is 256 g/mol. The highest BCUT2D eigenvalue weighted by molar-refractivity contribution is 5.90. The van der Waals surface area contributed by atoms with Gasteiger partial charge in [0, 0.05) is 18.7 Å². The summed E-state index contributed by atoms with van der Waals surface area (Å²) in [4.78, 5) is 19.6. The number of hydrogen-bond donors (Lipinski definition) is 0. The molecule has 0 aliphatic carbocycles. The van der Waals surface area contributed by atoms with Crippen LogP contribution in [0.25, 0.3) is 11.3 Å². The first kappa shape index (κ1) is 13.2. The second-order valence-corrected chi connectivity index (χ2v) is 4.21. The van der Waals surface area contributed by atoms with Crippen LogP contribution in [-0.2, 0) is 6.42 Å². The summed E-state index contributed by atoms with van der Waals surface area (Å²) in [7, 11) is 1.62. The fourth-order valence-electron chi connectivity index (χ4n) is 1.85. The second-order valence-electron chi connectivity index (χ2n) is 4.21. The number of ether oxygens (including phenoxy) is 1. The van der Waals surface area contributed by atoms with E-state index in [0.29, 0.717) is 5.69 Å². The zero-order valence-corrected chi connectivity index (χ0v) is 11.3. The van der Waals surface area contributed by atoms with Crippen LogP contribution in [0.4, 0.5) is 0 Å².